The summed E-state index contributed by atoms with van der Waals surface area (Å²) in [6, 6.07) is 8.11. The monoisotopic (exact) mass is 317 g/mol. The van der Waals surface area contributed by atoms with Gasteiger partial charge in [0.15, 0.2) is 0 Å². The minimum Gasteiger partial charge on any atom is -0.456 e. The van der Waals surface area contributed by atoms with E-state index in [1.54, 1.807) is 19.1 Å². The molecule has 0 radical (unpaired) electrons. The number of halogens is 1. The predicted molar refractivity (Wildman–Crippen MR) is 82.6 cm³/mol. The number of hydrogen-bond donors (Lipinski definition) is 2. The molecule has 1 aromatic carbocycles. The Kier molecular flexibility index (Phi) is 5.24. The van der Waals surface area contributed by atoms with Crippen molar-refractivity contribution in [1.82, 2.24) is 10.3 Å². The van der Waals surface area contributed by atoms with E-state index in [1.165, 1.54) is 37.4 Å². The van der Waals surface area contributed by atoms with Gasteiger partial charge >= 0.3 is 0 Å². The van der Waals surface area contributed by atoms with Crippen LogP contribution >= 0.6 is 0 Å². The summed E-state index contributed by atoms with van der Waals surface area (Å²) in [6.45, 7) is 2.91. The molecule has 2 rings (SSSR count). The number of aromatic nitrogens is 1. The van der Waals surface area contributed by atoms with E-state index >= 15 is 0 Å². The van der Waals surface area contributed by atoms with E-state index < -0.39 is 6.04 Å². The molecule has 23 heavy (non-hydrogen) atoms. The fourth-order valence-electron chi connectivity index (χ4n) is 1.76. The molecule has 0 unspecified atom stereocenters. The summed E-state index contributed by atoms with van der Waals surface area (Å²) in [4.78, 5) is 26.8. The topological polar surface area (TPSA) is 80.3 Å². The fraction of sp³-hybridized carbons (Fsp3) is 0.188. The van der Waals surface area contributed by atoms with Crippen LogP contribution in [0.4, 0.5) is 10.2 Å². The van der Waals surface area contributed by atoms with Gasteiger partial charge in [-0.05, 0) is 43.3 Å². The first-order valence-corrected chi connectivity index (χ1v) is 6.91. The number of rotatable bonds is 5. The van der Waals surface area contributed by atoms with Crippen molar-refractivity contribution < 1.29 is 18.7 Å². The van der Waals surface area contributed by atoms with Crippen LogP contribution < -0.4 is 15.4 Å². The number of carbonyl (C=O) groups excluding carboxylic acids is 2. The molecule has 0 aliphatic rings. The molecule has 2 aromatic rings. The summed E-state index contributed by atoms with van der Waals surface area (Å²) in [7, 11) is 0. The highest BCUT2D eigenvalue weighted by Gasteiger charge is 2.14. The van der Waals surface area contributed by atoms with E-state index in [0.717, 1.165) is 0 Å². The Labute approximate surface area is 132 Å². The zero-order valence-corrected chi connectivity index (χ0v) is 12.7. The second-order valence-electron chi connectivity index (χ2n) is 4.85. The number of nitrogens with zero attached hydrogens (tertiary/aromatic N) is 1. The molecule has 0 saturated carbocycles. The van der Waals surface area contributed by atoms with Crippen molar-refractivity contribution in [2.24, 2.45) is 0 Å². The maximum atomic E-state index is 12.8. The number of amides is 2. The Morgan fingerprint density at radius 2 is 1.78 bits per heavy atom. The zero-order valence-electron chi connectivity index (χ0n) is 12.7. The minimum atomic E-state index is -0.663. The molecule has 1 atom stereocenters. The van der Waals surface area contributed by atoms with Gasteiger partial charge in [0.1, 0.15) is 29.2 Å². The standard InChI is InChI=1S/C16H16FN3O3/c1-10(19-11(2)21)16(22)20-15-8-7-14(9-18-15)23-13-5-3-12(17)4-6-13/h3-10H,1-2H3,(H,19,21)(H,18,20,22)/t10-/m0/s1. The first-order chi connectivity index (χ1) is 10.9. The molecule has 1 aromatic heterocycles. The van der Waals surface area contributed by atoms with Crippen LogP contribution in [0.15, 0.2) is 42.6 Å². The van der Waals surface area contributed by atoms with Gasteiger partial charge in [0.2, 0.25) is 11.8 Å². The normalized spacial score (nSPS) is 11.4. The van der Waals surface area contributed by atoms with Gasteiger partial charge in [-0.15, -0.1) is 0 Å². The van der Waals surface area contributed by atoms with Crippen LogP contribution in [-0.4, -0.2) is 22.8 Å². The van der Waals surface area contributed by atoms with Crippen molar-refractivity contribution in [3.63, 3.8) is 0 Å². The van der Waals surface area contributed by atoms with Crippen molar-refractivity contribution in [2.75, 3.05) is 5.32 Å². The molecule has 0 aliphatic heterocycles. The van der Waals surface area contributed by atoms with Crippen molar-refractivity contribution in [2.45, 2.75) is 19.9 Å². The quantitative estimate of drug-likeness (QED) is 0.888. The Morgan fingerprint density at radius 3 is 2.35 bits per heavy atom. The van der Waals surface area contributed by atoms with E-state index in [2.05, 4.69) is 15.6 Å². The summed E-state index contributed by atoms with van der Waals surface area (Å²) in [6.07, 6.45) is 1.43. The van der Waals surface area contributed by atoms with Crippen LogP contribution in [0, 0.1) is 5.82 Å². The summed E-state index contributed by atoms with van der Waals surface area (Å²) in [5.41, 5.74) is 0. The molecule has 2 N–H and O–H groups in total. The van der Waals surface area contributed by atoms with Crippen LogP contribution in [0.2, 0.25) is 0 Å². The van der Waals surface area contributed by atoms with E-state index in [4.69, 9.17) is 4.74 Å². The van der Waals surface area contributed by atoms with Crippen molar-refractivity contribution in [3.8, 4) is 11.5 Å². The Hall–Kier alpha value is -2.96. The molecule has 1 heterocycles. The Morgan fingerprint density at radius 1 is 1.13 bits per heavy atom. The first-order valence-electron chi connectivity index (χ1n) is 6.91. The van der Waals surface area contributed by atoms with Gasteiger partial charge in [0.05, 0.1) is 6.20 Å². The van der Waals surface area contributed by atoms with Crippen LogP contribution in [-0.2, 0) is 9.59 Å². The molecule has 7 heteroatoms. The van der Waals surface area contributed by atoms with E-state index in [9.17, 15) is 14.0 Å². The number of hydrogen-bond acceptors (Lipinski definition) is 4. The first kappa shape index (κ1) is 16.4. The second kappa shape index (κ2) is 7.35. The highest BCUT2D eigenvalue weighted by Crippen LogP contribution is 2.21. The lowest BCUT2D eigenvalue weighted by atomic mass is 10.3. The molecular formula is C16H16FN3O3. The number of pyridine rings is 1. The van der Waals surface area contributed by atoms with E-state index in [1.807, 2.05) is 0 Å². The van der Waals surface area contributed by atoms with Gasteiger partial charge in [-0.2, -0.15) is 0 Å². The minimum absolute atomic E-state index is 0.288. The molecule has 120 valence electrons. The summed E-state index contributed by atoms with van der Waals surface area (Å²) in [5.74, 6) is 0.248. The molecular weight excluding hydrogens is 301 g/mol. The number of ether oxygens (including phenoxy) is 1. The molecule has 0 spiro atoms. The smallest absolute Gasteiger partial charge is 0.247 e. The molecule has 0 saturated heterocycles. The van der Waals surface area contributed by atoms with Crippen LogP contribution in [0.3, 0.4) is 0 Å². The Bertz CT molecular complexity index is 687. The Balaban J connectivity index is 1.95. The van der Waals surface area contributed by atoms with Gasteiger partial charge in [-0.25, -0.2) is 9.37 Å². The van der Waals surface area contributed by atoms with Gasteiger partial charge in [0.25, 0.3) is 0 Å². The third-order valence-corrected chi connectivity index (χ3v) is 2.85. The number of anilines is 1. The molecule has 0 bridgehead atoms. The third-order valence-electron chi connectivity index (χ3n) is 2.85. The lowest BCUT2D eigenvalue weighted by molar-refractivity contribution is -0.124. The maximum absolute atomic E-state index is 12.8. The van der Waals surface area contributed by atoms with Gasteiger partial charge in [0, 0.05) is 6.92 Å². The lowest BCUT2D eigenvalue weighted by Crippen LogP contribution is -2.40. The molecule has 0 aliphatic carbocycles. The van der Waals surface area contributed by atoms with Crippen LogP contribution in [0.5, 0.6) is 11.5 Å². The summed E-state index contributed by atoms with van der Waals surface area (Å²) in [5, 5.41) is 5.05. The molecule has 6 nitrogen and oxygen atoms in total. The summed E-state index contributed by atoms with van der Waals surface area (Å²) >= 11 is 0. The molecule has 2 amide bonds. The highest BCUT2D eigenvalue weighted by molar-refractivity contribution is 5.95. The van der Waals surface area contributed by atoms with Gasteiger partial charge in [-0.1, -0.05) is 0 Å². The van der Waals surface area contributed by atoms with Gasteiger partial charge in [-0.3, -0.25) is 9.59 Å². The largest absolute Gasteiger partial charge is 0.456 e. The third kappa shape index (κ3) is 5.06. The maximum Gasteiger partial charge on any atom is 0.247 e. The predicted octanol–water partition coefficient (Wildman–Crippen LogP) is 2.48. The van der Waals surface area contributed by atoms with E-state index in [-0.39, 0.29) is 17.6 Å². The van der Waals surface area contributed by atoms with Gasteiger partial charge < -0.3 is 15.4 Å². The van der Waals surface area contributed by atoms with E-state index in [0.29, 0.717) is 17.3 Å². The number of nitrogens with one attached hydrogen (secondary N) is 2. The fourth-order valence-corrected chi connectivity index (χ4v) is 1.76. The molecule has 0 fully saturated rings. The van der Waals surface area contributed by atoms with Crippen LogP contribution in [0.25, 0.3) is 0 Å². The van der Waals surface area contributed by atoms with Crippen molar-refractivity contribution in [3.05, 3.63) is 48.4 Å². The van der Waals surface area contributed by atoms with Crippen molar-refractivity contribution >= 4 is 17.6 Å². The number of carbonyl (C=O) groups is 2. The van der Waals surface area contributed by atoms with Crippen LogP contribution in [0.1, 0.15) is 13.8 Å². The second-order valence-corrected chi connectivity index (χ2v) is 4.85. The average Bonchev–Trinajstić information content (AvgIpc) is 2.51. The highest BCUT2D eigenvalue weighted by atomic mass is 19.1. The SMILES string of the molecule is CC(=O)N[C@@H](C)C(=O)Nc1ccc(Oc2ccc(F)cc2)cn1. The van der Waals surface area contributed by atoms with Crippen molar-refractivity contribution in [1.29, 1.82) is 0 Å². The number of benzene rings is 1. The summed E-state index contributed by atoms with van der Waals surface area (Å²) < 4.78 is 18.3. The zero-order chi connectivity index (χ0) is 16.8. The lowest BCUT2D eigenvalue weighted by Gasteiger charge is -2.12. The average molecular weight is 317 g/mol.